The van der Waals surface area contributed by atoms with Crippen molar-refractivity contribution < 1.29 is 0 Å². The van der Waals surface area contributed by atoms with Crippen LogP contribution in [0.1, 0.15) is 37.6 Å². The number of hydrogen-bond donors (Lipinski definition) is 1. The number of nitrogens with zero attached hydrogens (tertiary/aromatic N) is 2. The van der Waals surface area contributed by atoms with Crippen LogP contribution in [-0.2, 0) is 13.5 Å². The lowest BCUT2D eigenvalue weighted by atomic mass is 9.93. The Morgan fingerprint density at radius 3 is 2.76 bits per heavy atom. The van der Waals surface area contributed by atoms with E-state index >= 15 is 0 Å². The van der Waals surface area contributed by atoms with Gasteiger partial charge in [0.1, 0.15) is 5.82 Å². The van der Waals surface area contributed by atoms with Gasteiger partial charge in [-0.2, -0.15) is 0 Å². The predicted octanol–water partition coefficient (Wildman–Crippen LogP) is 3.90. The molecule has 21 heavy (non-hydrogen) atoms. The van der Waals surface area contributed by atoms with Crippen LogP contribution >= 0.6 is 15.9 Å². The first-order chi connectivity index (χ1) is 10.1. The summed E-state index contributed by atoms with van der Waals surface area (Å²) in [6.45, 7) is 5.38. The molecule has 0 spiro atoms. The Morgan fingerprint density at radius 2 is 2.14 bits per heavy atom. The zero-order valence-corrected chi connectivity index (χ0v) is 14.6. The molecule has 0 aliphatic heterocycles. The van der Waals surface area contributed by atoms with E-state index in [1.165, 1.54) is 5.56 Å². The van der Waals surface area contributed by atoms with Crippen LogP contribution < -0.4 is 5.32 Å². The molecule has 1 N–H and O–H groups in total. The first-order valence-corrected chi connectivity index (χ1v) is 8.30. The third kappa shape index (κ3) is 4.97. The molecule has 1 aromatic heterocycles. The molecule has 1 unspecified atom stereocenters. The van der Waals surface area contributed by atoms with E-state index in [1.807, 2.05) is 12.4 Å². The second-order valence-corrected chi connectivity index (χ2v) is 6.72. The number of halogens is 1. The zero-order valence-electron chi connectivity index (χ0n) is 13.0. The van der Waals surface area contributed by atoms with Crippen LogP contribution in [0.4, 0.5) is 0 Å². The molecular weight excluding hydrogens is 326 g/mol. The van der Waals surface area contributed by atoms with E-state index in [1.54, 1.807) is 0 Å². The standard InChI is InChI=1S/C17H24BrN3/c1-13(2)20-12-15(14-5-4-6-16(18)11-14)7-8-17-19-9-10-21(17)3/h4-6,9-11,13,15,20H,7-8,12H2,1-3H3. The maximum absolute atomic E-state index is 4.43. The lowest BCUT2D eigenvalue weighted by Crippen LogP contribution is -2.28. The van der Waals surface area contributed by atoms with Crippen LogP contribution in [0.25, 0.3) is 0 Å². The predicted molar refractivity (Wildman–Crippen MR) is 91.6 cm³/mol. The van der Waals surface area contributed by atoms with Gasteiger partial charge in [-0.3, -0.25) is 0 Å². The normalized spacial score (nSPS) is 12.8. The summed E-state index contributed by atoms with van der Waals surface area (Å²) >= 11 is 3.58. The van der Waals surface area contributed by atoms with Gasteiger partial charge in [-0.05, 0) is 30.0 Å². The van der Waals surface area contributed by atoms with Crippen molar-refractivity contribution >= 4 is 15.9 Å². The molecular formula is C17H24BrN3. The van der Waals surface area contributed by atoms with Crippen LogP contribution in [0, 0.1) is 0 Å². The van der Waals surface area contributed by atoms with E-state index in [4.69, 9.17) is 0 Å². The number of hydrogen-bond acceptors (Lipinski definition) is 2. The molecule has 0 aliphatic carbocycles. The number of aryl methyl sites for hydroxylation is 2. The van der Waals surface area contributed by atoms with Crippen molar-refractivity contribution in [3.05, 3.63) is 52.5 Å². The highest BCUT2D eigenvalue weighted by molar-refractivity contribution is 9.10. The monoisotopic (exact) mass is 349 g/mol. The van der Waals surface area contributed by atoms with Gasteiger partial charge in [-0.25, -0.2) is 4.98 Å². The van der Waals surface area contributed by atoms with Crippen molar-refractivity contribution in [3.8, 4) is 0 Å². The van der Waals surface area contributed by atoms with Crippen LogP contribution in [0.15, 0.2) is 41.1 Å². The molecule has 0 saturated carbocycles. The zero-order chi connectivity index (χ0) is 15.2. The molecule has 3 nitrogen and oxygen atoms in total. The van der Waals surface area contributed by atoms with Gasteiger partial charge in [0, 0.05) is 42.9 Å². The molecule has 1 aromatic carbocycles. The smallest absolute Gasteiger partial charge is 0.108 e. The van der Waals surface area contributed by atoms with E-state index in [0.717, 1.165) is 29.7 Å². The fraction of sp³-hybridized carbons (Fsp3) is 0.471. The topological polar surface area (TPSA) is 29.9 Å². The second kappa shape index (κ2) is 7.76. The van der Waals surface area contributed by atoms with Crippen LogP contribution in [0.3, 0.4) is 0 Å². The molecule has 114 valence electrons. The molecule has 4 heteroatoms. The minimum atomic E-state index is 0.501. The summed E-state index contributed by atoms with van der Waals surface area (Å²) in [6.07, 6.45) is 5.98. The van der Waals surface area contributed by atoms with Crippen molar-refractivity contribution in [2.45, 2.75) is 38.6 Å². The SMILES string of the molecule is CC(C)NCC(CCc1nccn1C)c1cccc(Br)c1. The van der Waals surface area contributed by atoms with Crippen LogP contribution in [0.2, 0.25) is 0 Å². The summed E-state index contributed by atoms with van der Waals surface area (Å²) in [6, 6.07) is 9.14. The number of imidazole rings is 1. The average Bonchev–Trinajstić information content (AvgIpc) is 2.84. The summed E-state index contributed by atoms with van der Waals surface area (Å²) in [5.41, 5.74) is 1.38. The Labute approximate surface area is 135 Å². The minimum absolute atomic E-state index is 0.501. The molecule has 0 aliphatic rings. The lowest BCUT2D eigenvalue weighted by Gasteiger charge is -2.20. The molecule has 0 amide bonds. The van der Waals surface area contributed by atoms with Gasteiger partial charge >= 0.3 is 0 Å². The Morgan fingerprint density at radius 1 is 1.33 bits per heavy atom. The Balaban J connectivity index is 2.06. The Hall–Kier alpha value is -1.13. The third-order valence-electron chi connectivity index (χ3n) is 3.73. The largest absolute Gasteiger partial charge is 0.338 e. The third-order valence-corrected chi connectivity index (χ3v) is 4.22. The van der Waals surface area contributed by atoms with Crippen LogP contribution in [0.5, 0.6) is 0 Å². The van der Waals surface area contributed by atoms with Crippen molar-refractivity contribution in [1.29, 1.82) is 0 Å². The summed E-state index contributed by atoms with van der Waals surface area (Å²) in [5, 5.41) is 3.57. The van der Waals surface area contributed by atoms with Gasteiger partial charge in [-0.15, -0.1) is 0 Å². The van der Waals surface area contributed by atoms with E-state index < -0.39 is 0 Å². The molecule has 1 heterocycles. The summed E-state index contributed by atoms with van der Waals surface area (Å²) in [4.78, 5) is 4.43. The van der Waals surface area contributed by atoms with E-state index in [9.17, 15) is 0 Å². The van der Waals surface area contributed by atoms with Crippen molar-refractivity contribution in [1.82, 2.24) is 14.9 Å². The molecule has 0 bridgehead atoms. The first-order valence-electron chi connectivity index (χ1n) is 7.51. The fourth-order valence-corrected chi connectivity index (χ4v) is 2.88. The molecule has 2 rings (SSSR count). The van der Waals surface area contributed by atoms with Crippen LogP contribution in [-0.4, -0.2) is 22.1 Å². The maximum atomic E-state index is 4.43. The van der Waals surface area contributed by atoms with Gasteiger partial charge < -0.3 is 9.88 Å². The minimum Gasteiger partial charge on any atom is -0.338 e. The van der Waals surface area contributed by atoms with Gasteiger partial charge in [0.25, 0.3) is 0 Å². The molecule has 1 atom stereocenters. The maximum Gasteiger partial charge on any atom is 0.108 e. The van der Waals surface area contributed by atoms with Gasteiger partial charge in [0.05, 0.1) is 0 Å². The number of benzene rings is 1. The second-order valence-electron chi connectivity index (χ2n) is 5.81. The highest BCUT2D eigenvalue weighted by Crippen LogP contribution is 2.24. The molecule has 0 radical (unpaired) electrons. The van der Waals surface area contributed by atoms with Crippen molar-refractivity contribution in [2.24, 2.45) is 7.05 Å². The summed E-state index contributed by atoms with van der Waals surface area (Å²) in [5.74, 6) is 1.65. The quantitative estimate of drug-likeness (QED) is 0.821. The molecule has 0 fully saturated rings. The first kappa shape index (κ1) is 16.2. The van der Waals surface area contributed by atoms with Crippen molar-refractivity contribution in [2.75, 3.05) is 6.54 Å². The summed E-state index contributed by atoms with van der Waals surface area (Å²) < 4.78 is 3.25. The van der Waals surface area contributed by atoms with E-state index in [2.05, 4.69) is 76.0 Å². The lowest BCUT2D eigenvalue weighted by molar-refractivity contribution is 0.502. The van der Waals surface area contributed by atoms with Gasteiger partial charge in [0.2, 0.25) is 0 Å². The number of nitrogens with one attached hydrogen (secondary N) is 1. The number of aromatic nitrogens is 2. The number of rotatable bonds is 7. The van der Waals surface area contributed by atoms with Gasteiger partial charge in [0.15, 0.2) is 0 Å². The van der Waals surface area contributed by atoms with Gasteiger partial charge in [-0.1, -0.05) is 41.9 Å². The fourth-order valence-electron chi connectivity index (χ4n) is 2.47. The highest BCUT2D eigenvalue weighted by Gasteiger charge is 2.14. The molecule has 0 saturated heterocycles. The van der Waals surface area contributed by atoms with Crippen molar-refractivity contribution in [3.63, 3.8) is 0 Å². The van der Waals surface area contributed by atoms with E-state index in [-0.39, 0.29) is 0 Å². The Kier molecular flexibility index (Phi) is 6.00. The Bertz CT molecular complexity index is 563. The highest BCUT2D eigenvalue weighted by atomic mass is 79.9. The average molecular weight is 350 g/mol. The summed E-state index contributed by atoms with van der Waals surface area (Å²) in [7, 11) is 2.06. The van der Waals surface area contributed by atoms with E-state index in [0.29, 0.717) is 12.0 Å². The molecule has 2 aromatic rings.